The lowest BCUT2D eigenvalue weighted by Crippen LogP contribution is -2.30. The average Bonchev–Trinajstić information content (AvgIpc) is 3.08. The van der Waals surface area contributed by atoms with E-state index in [1.165, 1.54) is 6.07 Å². The van der Waals surface area contributed by atoms with Gasteiger partial charge in [0.15, 0.2) is 5.82 Å². The molecule has 5 aromatic carbocycles. The minimum absolute atomic E-state index is 0.224. The molecule has 0 spiro atoms. The van der Waals surface area contributed by atoms with Gasteiger partial charge >= 0.3 is 0 Å². The Bertz CT molecular complexity index is 1990. The Morgan fingerprint density at radius 2 is 1.58 bits per heavy atom. The maximum Gasteiger partial charge on any atom is 0.255 e. The van der Waals surface area contributed by atoms with Gasteiger partial charge in [0, 0.05) is 22.3 Å². The number of amides is 1. The summed E-state index contributed by atoms with van der Waals surface area (Å²) in [6.07, 6.45) is 2.24. The van der Waals surface area contributed by atoms with E-state index in [4.69, 9.17) is 9.72 Å². The van der Waals surface area contributed by atoms with Gasteiger partial charge in [0.1, 0.15) is 17.4 Å². The minimum atomic E-state index is -0.405. The maximum atomic E-state index is 14.8. The van der Waals surface area contributed by atoms with Crippen molar-refractivity contribution < 1.29 is 13.9 Å². The summed E-state index contributed by atoms with van der Waals surface area (Å²) in [5, 5.41) is 12.5. The van der Waals surface area contributed by atoms with E-state index in [1.54, 1.807) is 30.3 Å². The van der Waals surface area contributed by atoms with Crippen LogP contribution in [-0.2, 0) is 0 Å². The highest BCUT2D eigenvalue weighted by molar-refractivity contribution is 6.07. The fraction of sp³-hybridized carbons (Fsp3) is 0.162. The summed E-state index contributed by atoms with van der Waals surface area (Å²) in [5.41, 5.74) is 2.84. The second-order valence-corrected chi connectivity index (χ2v) is 11.3. The summed E-state index contributed by atoms with van der Waals surface area (Å²) in [4.78, 5) is 22.6. The lowest BCUT2D eigenvalue weighted by atomic mass is 9.99. The van der Waals surface area contributed by atoms with Gasteiger partial charge in [-0.15, -0.1) is 0 Å². The number of rotatable bonds is 8. The molecule has 8 heteroatoms. The van der Waals surface area contributed by atoms with E-state index in [9.17, 15) is 9.18 Å². The first-order valence-corrected chi connectivity index (χ1v) is 15.2. The van der Waals surface area contributed by atoms with Crippen molar-refractivity contribution in [2.45, 2.75) is 12.8 Å². The van der Waals surface area contributed by atoms with E-state index in [2.05, 4.69) is 20.9 Å². The molecule has 1 amide bonds. The largest absolute Gasteiger partial charge is 0.493 e. The first-order chi connectivity index (χ1) is 22.1. The second-order valence-electron chi connectivity index (χ2n) is 11.3. The van der Waals surface area contributed by atoms with Crippen LogP contribution in [0.25, 0.3) is 33.1 Å². The lowest BCUT2D eigenvalue weighted by Gasteiger charge is -2.22. The van der Waals surface area contributed by atoms with Crippen molar-refractivity contribution in [2.24, 2.45) is 5.92 Å². The first kappa shape index (κ1) is 28.4. The van der Waals surface area contributed by atoms with Gasteiger partial charge in [0.25, 0.3) is 5.91 Å². The number of piperidine rings is 1. The van der Waals surface area contributed by atoms with Crippen molar-refractivity contribution in [1.29, 1.82) is 0 Å². The monoisotopic (exact) mass is 597 g/mol. The molecule has 224 valence electrons. The molecule has 6 aromatic rings. The fourth-order valence-corrected chi connectivity index (χ4v) is 5.63. The lowest BCUT2D eigenvalue weighted by molar-refractivity contribution is 0.102. The summed E-state index contributed by atoms with van der Waals surface area (Å²) in [6, 6.07) is 33.1. The van der Waals surface area contributed by atoms with Crippen LogP contribution >= 0.6 is 0 Å². The number of nitrogens with zero attached hydrogens (tertiary/aromatic N) is 2. The van der Waals surface area contributed by atoms with Gasteiger partial charge in [-0.3, -0.25) is 4.79 Å². The molecule has 1 aliphatic heterocycles. The molecule has 0 bridgehead atoms. The van der Waals surface area contributed by atoms with Crippen LogP contribution in [-0.4, -0.2) is 35.6 Å². The zero-order valence-corrected chi connectivity index (χ0v) is 24.6. The Balaban J connectivity index is 1.18. The van der Waals surface area contributed by atoms with E-state index in [0.717, 1.165) is 48.1 Å². The van der Waals surface area contributed by atoms with Gasteiger partial charge < -0.3 is 20.7 Å². The normalized spacial score (nSPS) is 13.5. The number of fused-ring (bicyclic) bond motifs is 2. The van der Waals surface area contributed by atoms with Gasteiger partial charge in [0.05, 0.1) is 17.7 Å². The van der Waals surface area contributed by atoms with E-state index in [1.807, 2.05) is 72.8 Å². The van der Waals surface area contributed by atoms with Crippen LogP contribution in [0.2, 0.25) is 0 Å². The smallest absolute Gasteiger partial charge is 0.255 e. The molecule has 7 nitrogen and oxygen atoms in total. The van der Waals surface area contributed by atoms with Crippen LogP contribution in [0.4, 0.5) is 21.6 Å². The van der Waals surface area contributed by atoms with Crippen LogP contribution < -0.4 is 20.7 Å². The van der Waals surface area contributed by atoms with Gasteiger partial charge in [-0.2, -0.15) is 0 Å². The van der Waals surface area contributed by atoms with Crippen molar-refractivity contribution in [1.82, 2.24) is 15.3 Å². The highest BCUT2D eigenvalue weighted by Gasteiger charge is 2.16. The zero-order chi connectivity index (χ0) is 30.6. The van der Waals surface area contributed by atoms with Gasteiger partial charge in [-0.1, -0.05) is 42.5 Å². The minimum Gasteiger partial charge on any atom is -0.493 e. The number of hydrogen-bond donors (Lipinski definition) is 3. The number of nitrogens with one attached hydrogen (secondary N) is 3. The molecule has 7 rings (SSSR count). The molecule has 0 aliphatic carbocycles. The van der Waals surface area contributed by atoms with Crippen molar-refractivity contribution >= 4 is 44.8 Å². The van der Waals surface area contributed by atoms with Crippen molar-refractivity contribution in [2.75, 3.05) is 30.3 Å². The molecule has 1 saturated heterocycles. The summed E-state index contributed by atoms with van der Waals surface area (Å²) < 4.78 is 20.8. The molecule has 0 radical (unpaired) electrons. The third-order valence-electron chi connectivity index (χ3n) is 8.14. The third kappa shape index (κ3) is 6.46. The zero-order valence-electron chi connectivity index (χ0n) is 24.6. The predicted octanol–water partition coefficient (Wildman–Crippen LogP) is 7.96. The number of ether oxygens (including phenoxy) is 1. The second kappa shape index (κ2) is 12.7. The SMILES string of the molecule is O=C(Nc1ccc2nc(-c3ccccc3F)nc(Nc3ccc(OCC4CCNCC4)cc3)c2c1)c1ccc2ccccc2c1. The fourth-order valence-electron chi connectivity index (χ4n) is 5.63. The highest BCUT2D eigenvalue weighted by atomic mass is 19.1. The molecule has 1 aromatic heterocycles. The van der Waals surface area contributed by atoms with Crippen LogP contribution in [0.3, 0.4) is 0 Å². The van der Waals surface area contributed by atoms with Crippen molar-refractivity contribution in [3.8, 4) is 17.1 Å². The summed E-state index contributed by atoms with van der Waals surface area (Å²) in [5.74, 6) is 1.49. The van der Waals surface area contributed by atoms with Crippen LogP contribution in [0.5, 0.6) is 5.75 Å². The van der Waals surface area contributed by atoms with Gasteiger partial charge in [0.2, 0.25) is 0 Å². The topological polar surface area (TPSA) is 88.2 Å². The van der Waals surface area contributed by atoms with Crippen LogP contribution in [0, 0.1) is 11.7 Å². The Morgan fingerprint density at radius 1 is 0.822 bits per heavy atom. The first-order valence-electron chi connectivity index (χ1n) is 15.2. The summed E-state index contributed by atoms with van der Waals surface area (Å²) in [6.45, 7) is 2.77. The Labute approximate surface area is 260 Å². The van der Waals surface area contributed by atoms with Crippen molar-refractivity contribution in [3.63, 3.8) is 0 Å². The molecule has 3 N–H and O–H groups in total. The molecule has 0 unspecified atom stereocenters. The number of hydrogen-bond acceptors (Lipinski definition) is 6. The van der Waals surface area contributed by atoms with E-state index in [0.29, 0.717) is 46.1 Å². The number of halogens is 1. The number of anilines is 3. The third-order valence-corrected chi connectivity index (χ3v) is 8.14. The summed E-state index contributed by atoms with van der Waals surface area (Å²) >= 11 is 0. The molecule has 1 aliphatic rings. The highest BCUT2D eigenvalue weighted by Crippen LogP contribution is 2.31. The summed E-state index contributed by atoms with van der Waals surface area (Å²) in [7, 11) is 0. The number of carbonyl (C=O) groups excluding carboxylic acids is 1. The quantitative estimate of drug-likeness (QED) is 0.165. The maximum absolute atomic E-state index is 14.8. The number of aromatic nitrogens is 2. The van der Waals surface area contributed by atoms with Gasteiger partial charge in [-0.25, -0.2) is 14.4 Å². The van der Waals surface area contributed by atoms with E-state index < -0.39 is 5.82 Å². The van der Waals surface area contributed by atoms with E-state index in [-0.39, 0.29) is 11.7 Å². The molecule has 0 atom stereocenters. The number of benzene rings is 5. The number of carbonyl (C=O) groups is 1. The predicted molar refractivity (Wildman–Crippen MR) is 178 cm³/mol. The standard InChI is InChI=1S/C37H32FN5O2/c38-33-8-4-3-7-31(33)35-42-34-16-13-29(41-37(44)27-10-9-25-5-1-2-6-26(25)21-27)22-32(34)36(43-35)40-28-11-14-30(15-12-28)45-23-24-17-19-39-20-18-24/h1-16,21-22,24,39H,17-20,23H2,(H,41,44)(H,40,42,43). The molecular formula is C37H32FN5O2. The molecular weight excluding hydrogens is 565 g/mol. The van der Waals surface area contributed by atoms with Crippen LogP contribution in [0.1, 0.15) is 23.2 Å². The Kier molecular flexibility index (Phi) is 8.04. The van der Waals surface area contributed by atoms with Crippen LogP contribution in [0.15, 0.2) is 109 Å². The Morgan fingerprint density at radius 3 is 2.40 bits per heavy atom. The average molecular weight is 598 g/mol. The molecule has 0 saturated carbocycles. The molecule has 45 heavy (non-hydrogen) atoms. The Hall–Kier alpha value is -5.34. The van der Waals surface area contributed by atoms with E-state index >= 15 is 0 Å². The van der Waals surface area contributed by atoms with Gasteiger partial charge in [-0.05, 0) is 109 Å². The molecule has 2 heterocycles. The van der Waals surface area contributed by atoms with Crippen molar-refractivity contribution in [3.05, 3.63) is 121 Å². The molecule has 1 fully saturated rings.